The van der Waals surface area contributed by atoms with E-state index in [4.69, 9.17) is 11.5 Å². The average molecular weight is 255 g/mol. The van der Waals surface area contributed by atoms with Gasteiger partial charge < -0.3 is 16.8 Å². The zero-order valence-electron chi connectivity index (χ0n) is 10.8. The van der Waals surface area contributed by atoms with Gasteiger partial charge in [0.25, 0.3) is 5.91 Å². The van der Waals surface area contributed by atoms with Crippen molar-refractivity contribution in [1.82, 2.24) is 0 Å². The number of carbonyl (C=O) groups excluding carboxylic acids is 1. The van der Waals surface area contributed by atoms with Gasteiger partial charge >= 0.3 is 0 Å². The molecule has 0 fully saturated rings. The highest BCUT2D eigenvalue weighted by Gasteiger charge is 2.08. The molecule has 0 aliphatic heterocycles. The maximum absolute atomic E-state index is 11.4. The normalized spacial score (nSPS) is 10.2. The van der Waals surface area contributed by atoms with Crippen LogP contribution in [0.3, 0.4) is 0 Å². The first-order chi connectivity index (χ1) is 9.06. The van der Waals surface area contributed by atoms with Crippen LogP contribution in [0.1, 0.15) is 21.5 Å². The Morgan fingerprint density at radius 2 is 1.84 bits per heavy atom. The SMILES string of the molecule is Cc1ccc(CNc2ccc(N)cc2C(N)=O)cc1. The van der Waals surface area contributed by atoms with Gasteiger partial charge in [-0.2, -0.15) is 0 Å². The molecule has 98 valence electrons. The van der Waals surface area contributed by atoms with E-state index in [1.54, 1.807) is 18.2 Å². The van der Waals surface area contributed by atoms with Crippen molar-refractivity contribution >= 4 is 17.3 Å². The van der Waals surface area contributed by atoms with E-state index in [1.807, 2.05) is 19.1 Å². The highest BCUT2D eigenvalue weighted by molar-refractivity contribution is 5.99. The first-order valence-electron chi connectivity index (χ1n) is 6.05. The van der Waals surface area contributed by atoms with Gasteiger partial charge in [-0.05, 0) is 30.7 Å². The zero-order chi connectivity index (χ0) is 13.8. The third-order valence-electron chi connectivity index (χ3n) is 2.91. The highest BCUT2D eigenvalue weighted by Crippen LogP contribution is 2.19. The molecule has 0 unspecified atom stereocenters. The number of nitrogens with one attached hydrogen (secondary N) is 1. The van der Waals surface area contributed by atoms with Gasteiger partial charge in [0.15, 0.2) is 0 Å². The Morgan fingerprint density at radius 1 is 1.16 bits per heavy atom. The van der Waals surface area contributed by atoms with Crippen molar-refractivity contribution in [3.63, 3.8) is 0 Å². The third kappa shape index (κ3) is 3.25. The van der Waals surface area contributed by atoms with Crippen LogP contribution >= 0.6 is 0 Å². The molecule has 0 saturated carbocycles. The lowest BCUT2D eigenvalue weighted by Gasteiger charge is -2.11. The van der Waals surface area contributed by atoms with Crippen LogP contribution in [0.4, 0.5) is 11.4 Å². The molecule has 5 N–H and O–H groups in total. The standard InChI is InChI=1S/C15H17N3O/c1-10-2-4-11(5-3-10)9-18-14-7-6-12(16)8-13(14)15(17)19/h2-8,18H,9,16H2,1H3,(H2,17,19). The van der Waals surface area contributed by atoms with E-state index in [-0.39, 0.29) is 0 Å². The minimum absolute atomic E-state index is 0.409. The van der Waals surface area contributed by atoms with Crippen molar-refractivity contribution in [2.45, 2.75) is 13.5 Å². The van der Waals surface area contributed by atoms with Gasteiger partial charge in [-0.15, -0.1) is 0 Å². The van der Waals surface area contributed by atoms with Crippen LogP contribution in [0.25, 0.3) is 0 Å². The highest BCUT2D eigenvalue weighted by atomic mass is 16.1. The predicted molar refractivity (Wildman–Crippen MR) is 77.9 cm³/mol. The average Bonchev–Trinajstić information content (AvgIpc) is 2.39. The second kappa shape index (κ2) is 5.44. The van der Waals surface area contributed by atoms with E-state index in [2.05, 4.69) is 17.4 Å². The lowest BCUT2D eigenvalue weighted by atomic mass is 10.1. The molecule has 0 bridgehead atoms. The zero-order valence-corrected chi connectivity index (χ0v) is 10.8. The number of hydrogen-bond donors (Lipinski definition) is 3. The number of carbonyl (C=O) groups is 1. The van der Waals surface area contributed by atoms with E-state index >= 15 is 0 Å². The molecule has 0 heterocycles. The summed E-state index contributed by atoms with van der Waals surface area (Å²) in [5.74, 6) is -0.487. The molecule has 0 aromatic heterocycles. The summed E-state index contributed by atoms with van der Waals surface area (Å²) in [5.41, 5.74) is 15.0. The van der Waals surface area contributed by atoms with Crippen molar-refractivity contribution in [3.05, 3.63) is 59.2 Å². The Kier molecular flexibility index (Phi) is 3.71. The van der Waals surface area contributed by atoms with E-state index in [0.29, 0.717) is 23.5 Å². The Bertz CT molecular complexity index is 591. The third-order valence-corrected chi connectivity index (χ3v) is 2.91. The Morgan fingerprint density at radius 3 is 2.47 bits per heavy atom. The molecular weight excluding hydrogens is 238 g/mol. The first kappa shape index (κ1) is 13.0. The van der Waals surface area contributed by atoms with Crippen LogP contribution in [-0.4, -0.2) is 5.91 Å². The van der Waals surface area contributed by atoms with Crippen molar-refractivity contribution in [2.75, 3.05) is 11.1 Å². The predicted octanol–water partition coefficient (Wildman–Crippen LogP) is 2.29. The Labute approximate surface area is 112 Å². The van der Waals surface area contributed by atoms with E-state index < -0.39 is 5.91 Å². The molecule has 2 aromatic rings. The smallest absolute Gasteiger partial charge is 0.250 e. The maximum Gasteiger partial charge on any atom is 0.250 e. The van der Waals surface area contributed by atoms with Crippen LogP contribution in [-0.2, 0) is 6.54 Å². The minimum Gasteiger partial charge on any atom is -0.399 e. The molecule has 4 heteroatoms. The van der Waals surface area contributed by atoms with Gasteiger partial charge in [0, 0.05) is 17.9 Å². The number of primary amides is 1. The molecule has 2 rings (SSSR count). The quantitative estimate of drug-likeness (QED) is 0.733. The molecule has 0 saturated heterocycles. The molecule has 0 radical (unpaired) electrons. The molecule has 2 aromatic carbocycles. The van der Waals surface area contributed by atoms with Crippen LogP contribution < -0.4 is 16.8 Å². The monoisotopic (exact) mass is 255 g/mol. The fraction of sp³-hybridized carbons (Fsp3) is 0.133. The number of aryl methyl sites for hydroxylation is 1. The van der Waals surface area contributed by atoms with Crippen molar-refractivity contribution in [2.24, 2.45) is 5.73 Å². The summed E-state index contributed by atoms with van der Waals surface area (Å²) in [4.78, 5) is 11.4. The topological polar surface area (TPSA) is 81.1 Å². The molecule has 19 heavy (non-hydrogen) atoms. The summed E-state index contributed by atoms with van der Waals surface area (Å²) in [5, 5.41) is 3.20. The van der Waals surface area contributed by atoms with E-state index in [9.17, 15) is 4.79 Å². The summed E-state index contributed by atoms with van der Waals surface area (Å²) >= 11 is 0. The molecule has 0 spiro atoms. The lowest BCUT2D eigenvalue weighted by molar-refractivity contribution is 0.100. The summed E-state index contributed by atoms with van der Waals surface area (Å²) in [6.45, 7) is 2.67. The molecule has 1 amide bonds. The lowest BCUT2D eigenvalue weighted by Crippen LogP contribution is -2.14. The van der Waals surface area contributed by atoms with Crippen molar-refractivity contribution in [3.8, 4) is 0 Å². The molecular formula is C15H17N3O. The van der Waals surface area contributed by atoms with E-state index in [1.165, 1.54) is 5.56 Å². The van der Waals surface area contributed by atoms with Gasteiger partial charge in [0.2, 0.25) is 0 Å². The van der Waals surface area contributed by atoms with Crippen molar-refractivity contribution in [1.29, 1.82) is 0 Å². The number of anilines is 2. The second-order valence-electron chi connectivity index (χ2n) is 4.51. The number of rotatable bonds is 4. The van der Waals surface area contributed by atoms with Crippen LogP contribution in [0.2, 0.25) is 0 Å². The largest absolute Gasteiger partial charge is 0.399 e. The van der Waals surface area contributed by atoms with Crippen LogP contribution in [0.5, 0.6) is 0 Å². The summed E-state index contributed by atoms with van der Waals surface area (Å²) < 4.78 is 0. The molecule has 4 nitrogen and oxygen atoms in total. The summed E-state index contributed by atoms with van der Waals surface area (Å²) in [6.07, 6.45) is 0. The fourth-order valence-corrected chi connectivity index (χ4v) is 1.82. The van der Waals surface area contributed by atoms with Crippen LogP contribution in [0.15, 0.2) is 42.5 Å². The Hall–Kier alpha value is -2.49. The van der Waals surface area contributed by atoms with Gasteiger partial charge in [-0.25, -0.2) is 0 Å². The number of hydrogen-bond acceptors (Lipinski definition) is 3. The number of nitrogens with two attached hydrogens (primary N) is 2. The number of amides is 1. The summed E-state index contributed by atoms with van der Waals surface area (Å²) in [6, 6.07) is 13.3. The minimum atomic E-state index is -0.487. The maximum atomic E-state index is 11.4. The van der Waals surface area contributed by atoms with Crippen molar-refractivity contribution < 1.29 is 4.79 Å². The summed E-state index contributed by atoms with van der Waals surface area (Å²) in [7, 11) is 0. The van der Waals surface area contributed by atoms with Crippen LogP contribution in [0, 0.1) is 6.92 Å². The Balaban J connectivity index is 2.15. The van der Waals surface area contributed by atoms with Gasteiger partial charge in [0.1, 0.15) is 0 Å². The van der Waals surface area contributed by atoms with E-state index in [0.717, 1.165) is 5.56 Å². The van der Waals surface area contributed by atoms with Gasteiger partial charge in [-0.3, -0.25) is 4.79 Å². The number of nitrogen functional groups attached to an aromatic ring is 1. The molecule has 0 atom stereocenters. The molecule has 0 aliphatic rings. The molecule has 0 aliphatic carbocycles. The first-order valence-corrected chi connectivity index (χ1v) is 6.05. The fourth-order valence-electron chi connectivity index (χ4n) is 1.82. The van der Waals surface area contributed by atoms with Gasteiger partial charge in [0.05, 0.1) is 5.56 Å². The number of benzene rings is 2. The van der Waals surface area contributed by atoms with Gasteiger partial charge in [-0.1, -0.05) is 29.8 Å². The second-order valence-corrected chi connectivity index (χ2v) is 4.51.